The Labute approximate surface area is 147 Å². The van der Waals surface area contributed by atoms with E-state index < -0.39 is 0 Å². The predicted molar refractivity (Wildman–Crippen MR) is 98.9 cm³/mol. The van der Waals surface area contributed by atoms with Crippen LogP contribution in [0.2, 0.25) is 5.02 Å². The van der Waals surface area contributed by atoms with Gasteiger partial charge in [0.1, 0.15) is 5.82 Å². The van der Waals surface area contributed by atoms with Crippen LogP contribution in [0.25, 0.3) is 16.9 Å². The molecule has 1 aliphatic rings. The molecule has 22 heavy (non-hydrogen) atoms. The Hall–Kier alpha value is -1.53. The summed E-state index contributed by atoms with van der Waals surface area (Å²) in [6.07, 6.45) is 0.997. The summed E-state index contributed by atoms with van der Waals surface area (Å²) >= 11 is 8.46. The van der Waals surface area contributed by atoms with Crippen molar-refractivity contribution in [1.82, 2.24) is 9.78 Å². The van der Waals surface area contributed by atoms with Gasteiger partial charge in [0.25, 0.3) is 0 Å². The van der Waals surface area contributed by atoms with Gasteiger partial charge in [-0.05, 0) is 59.3 Å². The predicted octanol–water partition coefficient (Wildman–Crippen LogP) is 4.77. The van der Waals surface area contributed by atoms with Crippen molar-refractivity contribution in [1.29, 1.82) is 0 Å². The molecule has 3 nitrogen and oxygen atoms in total. The Morgan fingerprint density at radius 1 is 1.14 bits per heavy atom. The van der Waals surface area contributed by atoms with Crippen LogP contribution in [0.15, 0.2) is 48.5 Å². The third kappa shape index (κ3) is 2.40. The first-order valence-corrected chi connectivity index (χ1v) is 8.56. The van der Waals surface area contributed by atoms with Crippen molar-refractivity contribution in [2.45, 2.75) is 6.42 Å². The molecule has 5 heteroatoms. The molecule has 1 aromatic heterocycles. The smallest absolute Gasteiger partial charge is 0.133 e. The van der Waals surface area contributed by atoms with Gasteiger partial charge >= 0.3 is 0 Å². The van der Waals surface area contributed by atoms with E-state index in [9.17, 15) is 0 Å². The van der Waals surface area contributed by atoms with Crippen LogP contribution in [0.4, 0.5) is 5.82 Å². The monoisotopic (exact) mass is 421 g/mol. The average Bonchev–Trinajstić information content (AvgIpc) is 3.09. The van der Waals surface area contributed by atoms with E-state index in [4.69, 9.17) is 16.7 Å². The largest absolute Gasteiger partial charge is 0.369 e. The fourth-order valence-corrected chi connectivity index (χ4v) is 3.56. The first-order chi connectivity index (χ1) is 10.7. The van der Waals surface area contributed by atoms with Crippen LogP contribution in [0.3, 0.4) is 0 Å². The molecule has 1 N–H and O–H groups in total. The van der Waals surface area contributed by atoms with E-state index in [1.54, 1.807) is 0 Å². The number of nitrogens with one attached hydrogen (secondary N) is 1. The molecule has 110 valence electrons. The zero-order chi connectivity index (χ0) is 15.1. The number of fused-ring (bicyclic) bond motifs is 1. The molecule has 2 heterocycles. The van der Waals surface area contributed by atoms with Crippen molar-refractivity contribution in [2.24, 2.45) is 0 Å². The lowest BCUT2D eigenvalue weighted by molar-refractivity contribution is 0.882. The normalized spacial score (nSPS) is 13.0. The average molecular weight is 422 g/mol. The quantitative estimate of drug-likeness (QED) is 0.604. The third-order valence-corrected chi connectivity index (χ3v) is 4.71. The number of aromatic nitrogens is 2. The topological polar surface area (TPSA) is 29.9 Å². The molecule has 0 saturated heterocycles. The van der Waals surface area contributed by atoms with Gasteiger partial charge in [-0.15, -0.1) is 0 Å². The third-order valence-electron chi connectivity index (χ3n) is 3.80. The molecule has 0 bridgehead atoms. The minimum absolute atomic E-state index is 0.718. The summed E-state index contributed by atoms with van der Waals surface area (Å²) in [6, 6.07) is 16.2. The van der Waals surface area contributed by atoms with Gasteiger partial charge < -0.3 is 5.32 Å². The number of anilines is 1. The maximum Gasteiger partial charge on any atom is 0.133 e. The molecular formula is C17H13ClIN3. The second-order valence-electron chi connectivity index (χ2n) is 5.25. The summed E-state index contributed by atoms with van der Waals surface area (Å²) < 4.78 is 3.18. The van der Waals surface area contributed by atoms with Crippen LogP contribution >= 0.6 is 34.2 Å². The standard InChI is InChI=1S/C17H13ClIN3/c18-12-4-2-6-14(10-12)22-17-15(7-8-20-17)16(21-22)11-3-1-5-13(19)9-11/h1-6,9-10,20H,7-8H2. The number of benzene rings is 2. The number of nitrogens with zero attached hydrogens (tertiary/aromatic N) is 2. The van der Waals surface area contributed by atoms with Crippen molar-refractivity contribution < 1.29 is 0 Å². The summed E-state index contributed by atoms with van der Waals surface area (Å²) in [4.78, 5) is 0. The number of hydrogen-bond acceptors (Lipinski definition) is 2. The van der Waals surface area contributed by atoms with E-state index in [-0.39, 0.29) is 0 Å². The summed E-state index contributed by atoms with van der Waals surface area (Å²) in [5, 5.41) is 9.01. The van der Waals surface area contributed by atoms with Crippen LogP contribution < -0.4 is 5.32 Å². The van der Waals surface area contributed by atoms with Gasteiger partial charge in [-0.2, -0.15) is 5.10 Å². The fraction of sp³-hybridized carbons (Fsp3) is 0.118. The lowest BCUT2D eigenvalue weighted by Gasteiger charge is -2.06. The SMILES string of the molecule is Clc1cccc(-n2nc(-c3cccc(I)c3)c3c2NCC3)c1. The van der Waals surface area contributed by atoms with Gasteiger partial charge in [-0.1, -0.05) is 29.8 Å². The van der Waals surface area contributed by atoms with Crippen LogP contribution in [0.1, 0.15) is 5.56 Å². The minimum atomic E-state index is 0.718. The highest BCUT2D eigenvalue weighted by Gasteiger charge is 2.23. The number of hydrogen-bond donors (Lipinski definition) is 1. The van der Waals surface area contributed by atoms with Crippen molar-refractivity contribution in [2.75, 3.05) is 11.9 Å². The second-order valence-corrected chi connectivity index (χ2v) is 6.94. The van der Waals surface area contributed by atoms with E-state index in [0.717, 1.165) is 40.8 Å². The molecule has 2 aromatic carbocycles. The first kappa shape index (κ1) is 14.1. The van der Waals surface area contributed by atoms with Crippen molar-refractivity contribution in [3.63, 3.8) is 0 Å². The minimum Gasteiger partial charge on any atom is -0.369 e. The lowest BCUT2D eigenvalue weighted by Crippen LogP contribution is -2.04. The zero-order valence-corrected chi connectivity index (χ0v) is 14.6. The molecule has 0 spiro atoms. The second kappa shape index (κ2) is 5.59. The highest BCUT2D eigenvalue weighted by molar-refractivity contribution is 14.1. The van der Waals surface area contributed by atoms with E-state index in [1.165, 1.54) is 9.13 Å². The Balaban J connectivity index is 1.90. The Morgan fingerprint density at radius 2 is 2.00 bits per heavy atom. The summed E-state index contributed by atoms with van der Waals surface area (Å²) in [5.41, 5.74) is 4.48. The molecule has 0 radical (unpaired) electrons. The first-order valence-electron chi connectivity index (χ1n) is 7.10. The summed E-state index contributed by atoms with van der Waals surface area (Å²) in [6.45, 7) is 0.949. The highest BCUT2D eigenvalue weighted by Crippen LogP contribution is 2.35. The van der Waals surface area contributed by atoms with E-state index in [0.29, 0.717) is 0 Å². The maximum atomic E-state index is 6.13. The lowest BCUT2D eigenvalue weighted by atomic mass is 10.1. The summed E-state index contributed by atoms with van der Waals surface area (Å²) in [5.74, 6) is 1.08. The van der Waals surface area contributed by atoms with Gasteiger partial charge in [0.15, 0.2) is 0 Å². The van der Waals surface area contributed by atoms with Crippen LogP contribution in [0, 0.1) is 3.57 Å². The molecule has 4 rings (SSSR count). The Bertz CT molecular complexity index is 789. The van der Waals surface area contributed by atoms with Gasteiger partial charge in [0.2, 0.25) is 0 Å². The molecule has 1 aliphatic heterocycles. The number of rotatable bonds is 2. The number of halogens is 2. The van der Waals surface area contributed by atoms with E-state index in [1.807, 2.05) is 28.9 Å². The van der Waals surface area contributed by atoms with Gasteiger partial charge in [0, 0.05) is 26.3 Å². The van der Waals surface area contributed by atoms with E-state index >= 15 is 0 Å². The summed E-state index contributed by atoms with van der Waals surface area (Å²) in [7, 11) is 0. The van der Waals surface area contributed by atoms with Gasteiger partial charge in [-0.3, -0.25) is 0 Å². The van der Waals surface area contributed by atoms with Crippen LogP contribution in [0.5, 0.6) is 0 Å². The van der Waals surface area contributed by atoms with Crippen LogP contribution in [-0.4, -0.2) is 16.3 Å². The molecule has 0 unspecified atom stereocenters. The van der Waals surface area contributed by atoms with Crippen molar-refractivity contribution >= 4 is 40.0 Å². The van der Waals surface area contributed by atoms with Crippen molar-refractivity contribution in [3.05, 3.63) is 62.7 Å². The Kier molecular flexibility index (Phi) is 3.58. The van der Waals surface area contributed by atoms with Crippen molar-refractivity contribution in [3.8, 4) is 16.9 Å². The fourth-order valence-electron chi connectivity index (χ4n) is 2.84. The Morgan fingerprint density at radius 3 is 2.82 bits per heavy atom. The van der Waals surface area contributed by atoms with Gasteiger partial charge in [-0.25, -0.2) is 4.68 Å². The van der Waals surface area contributed by atoms with E-state index in [2.05, 4.69) is 52.2 Å². The maximum absolute atomic E-state index is 6.13. The molecule has 3 aromatic rings. The molecule has 0 atom stereocenters. The molecule has 0 saturated carbocycles. The molecule has 0 amide bonds. The molecule has 0 fully saturated rings. The molecular weight excluding hydrogens is 409 g/mol. The van der Waals surface area contributed by atoms with Gasteiger partial charge in [0.05, 0.1) is 11.4 Å². The molecule has 0 aliphatic carbocycles. The van der Waals surface area contributed by atoms with Crippen LogP contribution in [-0.2, 0) is 6.42 Å². The highest BCUT2D eigenvalue weighted by atomic mass is 127. The zero-order valence-electron chi connectivity index (χ0n) is 11.7.